The number of para-hydroxylation sites is 2. The van der Waals surface area contributed by atoms with Gasteiger partial charge in [0.25, 0.3) is 0 Å². The van der Waals surface area contributed by atoms with E-state index in [4.69, 9.17) is 4.74 Å². The third kappa shape index (κ3) is 5.15. The summed E-state index contributed by atoms with van der Waals surface area (Å²) in [6.45, 7) is 1.94. The molecule has 0 radical (unpaired) electrons. The highest BCUT2D eigenvalue weighted by molar-refractivity contribution is 6.15. The highest BCUT2D eigenvalue weighted by atomic mass is 19.1. The van der Waals surface area contributed by atoms with E-state index in [9.17, 15) is 18.8 Å². The Labute approximate surface area is 195 Å². The molecule has 0 fully saturated rings. The molecule has 0 spiro atoms. The van der Waals surface area contributed by atoms with Crippen molar-refractivity contribution in [1.82, 2.24) is 0 Å². The number of rotatable bonds is 6. The highest BCUT2D eigenvalue weighted by Crippen LogP contribution is 2.33. The minimum absolute atomic E-state index is 0.232. The molecule has 8 nitrogen and oxygen atoms in total. The number of amides is 4. The molecule has 9 heteroatoms. The summed E-state index contributed by atoms with van der Waals surface area (Å²) in [6.07, 6.45) is 0. The molecular weight excluding hydrogens is 439 g/mol. The second-order valence-electron chi connectivity index (χ2n) is 7.50. The van der Waals surface area contributed by atoms with Crippen molar-refractivity contribution in [1.29, 1.82) is 0 Å². The normalized spacial score (nSPS) is 12.7. The predicted octanol–water partition coefficient (Wildman–Crippen LogP) is 4.25. The summed E-state index contributed by atoms with van der Waals surface area (Å²) in [7, 11) is 0. The van der Waals surface area contributed by atoms with Crippen LogP contribution in [0.2, 0.25) is 0 Å². The number of hydrogen-bond acceptors (Lipinski definition) is 4. The van der Waals surface area contributed by atoms with E-state index in [0.717, 1.165) is 0 Å². The van der Waals surface area contributed by atoms with E-state index in [-0.39, 0.29) is 13.1 Å². The van der Waals surface area contributed by atoms with Crippen molar-refractivity contribution < 1.29 is 23.5 Å². The van der Waals surface area contributed by atoms with Crippen LogP contribution in [0.3, 0.4) is 0 Å². The molecule has 3 aromatic rings. The molecule has 0 aliphatic carbocycles. The zero-order valence-corrected chi connectivity index (χ0v) is 18.5. The van der Waals surface area contributed by atoms with Crippen LogP contribution in [0.25, 0.3) is 0 Å². The Morgan fingerprint density at radius 2 is 1.53 bits per heavy atom. The number of nitrogens with one attached hydrogen (secondary N) is 2. The minimum Gasteiger partial charge on any atom is -0.494 e. The first kappa shape index (κ1) is 22.8. The summed E-state index contributed by atoms with van der Waals surface area (Å²) < 4.78 is 18.5. The van der Waals surface area contributed by atoms with E-state index in [0.29, 0.717) is 35.1 Å². The van der Waals surface area contributed by atoms with Crippen molar-refractivity contribution >= 4 is 40.6 Å². The molecule has 0 saturated carbocycles. The van der Waals surface area contributed by atoms with Crippen molar-refractivity contribution in [3.63, 3.8) is 0 Å². The molecule has 0 saturated heterocycles. The van der Waals surface area contributed by atoms with Gasteiger partial charge in [-0.3, -0.25) is 19.4 Å². The van der Waals surface area contributed by atoms with Crippen molar-refractivity contribution in [3.05, 3.63) is 78.6 Å². The molecule has 1 aliphatic rings. The van der Waals surface area contributed by atoms with Gasteiger partial charge < -0.3 is 15.4 Å². The monoisotopic (exact) mass is 462 g/mol. The first-order valence-corrected chi connectivity index (χ1v) is 10.7. The molecule has 1 aliphatic heterocycles. The quantitative estimate of drug-likeness (QED) is 0.573. The maximum Gasteiger partial charge on any atom is 0.326 e. The maximum absolute atomic E-state index is 13.1. The Morgan fingerprint density at radius 1 is 0.912 bits per heavy atom. The number of urea groups is 1. The van der Waals surface area contributed by atoms with Gasteiger partial charge in [0.15, 0.2) is 0 Å². The topological polar surface area (TPSA) is 91.0 Å². The van der Waals surface area contributed by atoms with Gasteiger partial charge in [0, 0.05) is 11.4 Å². The largest absolute Gasteiger partial charge is 0.494 e. The van der Waals surface area contributed by atoms with Crippen LogP contribution >= 0.6 is 0 Å². The van der Waals surface area contributed by atoms with E-state index < -0.39 is 23.7 Å². The van der Waals surface area contributed by atoms with Gasteiger partial charge in [0.05, 0.1) is 18.0 Å². The fourth-order valence-corrected chi connectivity index (χ4v) is 3.58. The van der Waals surface area contributed by atoms with Crippen LogP contribution in [0.15, 0.2) is 72.8 Å². The molecular formula is C25H23FN4O4. The van der Waals surface area contributed by atoms with Crippen molar-refractivity contribution in [2.45, 2.75) is 6.92 Å². The smallest absolute Gasteiger partial charge is 0.326 e. The first-order chi connectivity index (χ1) is 16.4. The van der Waals surface area contributed by atoms with Gasteiger partial charge in [0.2, 0.25) is 11.8 Å². The molecule has 4 amide bonds. The highest BCUT2D eigenvalue weighted by Gasteiger charge is 2.33. The molecule has 174 valence electrons. The van der Waals surface area contributed by atoms with Crippen molar-refractivity contribution in [3.8, 4) is 5.75 Å². The molecule has 0 atom stereocenters. The number of carbonyl (C=O) groups excluding carboxylic acids is 3. The lowest BCUT2D eigenvalue weighted by molar-refractivity contribution is -0.120. The predicted molar refractivity (Wildman–Crippen MR) is 128 cm³/mol. The molecule has 4 rings (SSSR count). The summed E-state index contributed by atoms with van der Waals surface area (Å²) in [5, 5.41) is 5.43. The number of anilines is 4. The number of benzene rings is 3. The Morgan fingerprint density at radius 3 is 2.21 bits per heavy atom. The van der Waals surface area contributed by atoms with Crippen molar-refractivity contribution in [2.24, 2.45) is 0 Å². The SMILES string of the molecule is CCOc1ccc(NC(=O)N2CC(=O)N(CC(=O)Nc3ccc(F)cc3)c3ccccc32)cc1. The lowest BCUT2D eigenvalue weighted by Gasteiger charge is -2.35. The zero-order valence-electron chi connectivity index (χ0n) is 18.5. The fraction of sp³-hybridized carbons (Fsp3) is 0.160. The summed E-state index contributed by atoms with van der Waals surface area (Å²) >= 11 is 0. The summed E-state index contributed by atoms with van der Waals surface area (Å²) in [5.41, 5.74) is 1.91. The van der Waals surface area contributed by atoms with Gasteiger partial charge in [-0.1, -0.05) is 12.1 Å². The standard InChI is InChI=1S/C25H23FN4O4/c1-2-34-20-13-11-19(12-14-20)28-25(33)30-16-24(32)29(21-5-3-4-6-22(21)30)15-23(31)27-18-9-7-17(26)8-10-18/h3-14H,2,15-16H2,1H3,(H,27,31)(H,28,33). The number of halogens is 1. The van der Waals surface area contributed by atoms with Gasteiger partial charge >= 0.3 is 6.03 Å². The van der Waals surface area contributed by atoms with Crippen LogP contribution in [-0.4, -0.2) is 37.5 Å². The summed E-state index contributed by atoms with van der Waals surface area (Å²) in [4.78, 5) is 41.1. The van der Waals surface area contributed by atoms with E-state index in [2.05, 4.69) is 10.6 Å². The Hall–Kier alpha value is -4.40. The molecule has 2 N–H and O–H groups in total. The Balaban J connectivity index is 1.49. The van der Waals surface area contributed by atoms with E-state index in [1.807, 2.05) is 6.92 Å². The maximum atomic E-state index is 13.1. The van der Waals surface area contributed by atoms with Gasteiger partial charge in [-0.05, 0) is 67.6 Å². The number of nitrogens with zero attached hydrogens (tertiary/aromatic N) is 2. The van der Waals surface area contributed by atoms with Crippen LogP contribution < -0.4 is 25.2 Å². The van der Waals surface area contributed by atoms with Gasteiger partial charge in [-0.25, -0.2) is 9.18 Å². The van der Waals surface area contributed by atoms with Gasteiger partial charge in [0.1, 0.15) is 24.7 Å². The summed E-state index contributed by atoms with van der Waals surface area (Å²) in [6, 6.07) is 18.7. The van der Waals surface area contributed by atoms with Crippen molar-refractivity contribution in [2.75, 3.05) is 40.1 Å². The molecule has 0 bridgehead atoms. The van der Waals surface area contributed by atoms with Crippen LogP contribution in [0.4, 0.5) is 31.9 Å². The average Bonchev–Trinajstić information content (AvgIpc) is 2.83. The van der Waals surface area contributed by atoms with Crippen LogP contribution in [0, 0.1) is 5.82 Å². The molecule has 1 heterocycles. The van der Waals surface area contributed by atoms with Crippen LogP contribution in [-0.2, 0) is 9.59 Å². The Bertz CT molecular complexity index is 1200. The second-order valence-corrected chi connectivity index (χ2v) is 7.50. The number of hydrogen-bond donors (Lipinski definition) is 2. The molecule has 0 aromatic heterocycles. The lowest BCUT2D eigenvalue weighted by Crippen LogP contribution is -2.51. The molecule has 0 unspecified atom stereocenters. The lowest BCUT2D eigenvalue weighted by atomic mass is 10.1. The second kappa shape index (κ2) is 10.0. The number of carbonyl (C=O) groups is 3. The molecule has 3 aromatic carbocycles. The van der Waals surface area contributed by atoms with E-state index in [1.54, 1.807) is 48.5 Å². The minimum atomic E-state index is -0.472. The third-order valence-corrected chi connectivity index (χ3v) is 5.15. The first-order valence-electron chi connectivity index (χ1n) is 10.7. The Kier molecular flexibility index (Phi) is 6.72. The van der Waals surface area contributed by atoms with E-state index >= 15 is 0 Å². The van der Waals surface area contributed by atoms with E-state index in [1.165, 1.54) is 34.1 Å². The molecule has 34 heavy (non-hydrogen) atoms. The zero-order chi connectivity index (χ0) is 24.1. The fourth-order valence-electron chi connectivity index (χ4n) is 3.58. The average molecular weight is 462 g/mol. The van der Waals surface area contributed by atoms with Crippen LogP contribution in [0.5, 0.6) is 5.75 Å². The van der Waals surface area contributed by atoms with Crippen LogP contribution in [0.1, 0.15) is 6.92 Å². The number of fused-ring (bicyclic) bond motifs is 1. The van der Waals surface area contributed by atoms with Gasteiger partial charge in [-0.15, -0.1) is 0 Å². The third-order valence-electron chi connectivity index (χ3n) is 5.15. The summed E-state index contributed by atoms with van der Waals surface area (Å²) in [5.74, 6) is -0.577. The number of ether oxygens (including phenoxy) is 1. The van der Waals surface area contributed by atoms with Gasteiger partial charge in [-0.2, -0.15) is 0 Å².